The lowest BCUT2D eigenvalue weighted by atomic mass is 10.2. The van der Waals surface area contributed by atoms with Crippen LogP contribution in [0.3, 0.4) is 0 Å². The van der Waals surface area contributed by atoms with Gasteiger partial charge in [0.15, 0.2) is 0 Å². The van der Waals surface area contributed by atoms with E-state index in [2.05, 4.69) is 9.93 Å². The van der Waals surface area contributed by atoms with Crippen molar-refractivity contribution in [3.63, 3.8) is 0 Å². The molecule has 1 N–H and O–H groups in total. The van der Waals surface area contributed by atoms with Crippen molar-refractivity contribution in [2.45, 2.75) is 0 Å². The standard InChI is InChI=1S/C8H8ClN3/c1-12-8-4-2-3-7(11-9)6(8)5-10-12/h2-5,11H,1H3. The normalized spacial score (nSPS) is 10.5. The summed E-state index contributed by atoms with van der Waals surface area (Å²) >= 11 is 5.53. The van der Waals surface area contributed by atoms with E-state index in [1.54, 1.807) is 6.20 Å². The molecule has 0 fully saturated rings. The van der Waals surface area contributed by atoms with Gasteiger partial charge in [-0.3, -0.25) is 9.52 Å². The molecule has 0 atom stereocenters. The fourth-order valence-electron chi connectivity index (χ4n) is 1.26. The van der Waals surface area contributed by atoms with Crippen LogP contribution in [-0.2, 0) is 7.05 Å². The first-order chi connectivity index (χ1) is 5.83. The third kappa shape index (κ3) is 0.940. The van der Waals surface area contributed by atoms with Crippen molar-refractivity contribution in [3.05, 3.63) is 24.4 Å². The Balaban J connectivity index is 2.81. The van der Waals surface area contributed by atoms with Crippen LogP contribution in [-0.4, -0.2) is 9.78 Å². The first kappa shape index (κ1) is 7.43. The largest absolute Gasteiger partial charge is 0.298 e. The second kappa shape index (κ2) is 2.68. The van der Waals surface area contributed by atoms with Gasteiger partial charge in [0.05, 0.1) is 17.4 Å². The summed E-state index contributed by atoms with van der Waals surface area (Å²) in [5, 5.41) is 5.16. The maximum atomic E-state index is 5.53. The van der Waals surface area contributed by atoms with E-state index >= 15 is 0 Å². The second-order valence-corrected chi connectivity index (χ2v) is 2.79. The Morgan fingerprint density at radius 1 is 1.50 bits per heavy atom. The highest BCUT2D eigenvalue weighted by atomic mass is 35.5. The molecule has 1 aromatic heterocycles. The van der Waals surface area contributed by atoms with E-state index in [0.29, 0.717) is 0 Å². The number of nitrogens with zero attached hydrogens (tertiary/aromatic N) is 2. The molecular weight excluding hydrogens is 174 g/mol. The lowest BCUT2D eigenvalue weighted by molar-refractivity contribution is 0.797. The molecular formula is C8H8ClN3. The Kier molecular flexibility index (Phi) is 1.66. The fourth-order valence-corrected chi connectivity index (χ4v) is 1.42. The lowest BCUT2D eigenvalue weighted by Gasteiger charge is -1.98. The summed E-state index contributed by atoms with van der Waals surface area (Å²) in [5.41, 5.74) is 1.96. The number of nitrogens with one attached hydrogen (secondary N) is 1. The van der Waals surface area contributed by atoms with Gasteiger partial charge in [-0.25, -0.2) is 0 Å². The fraction of sp³-hybridized carbons (Fsp3) is 0.125. The number of halogens is 1. The molecule has 0 bridgehead atoms. The van der Waals surface area contributed by atoms with Crippen molar-refractivity contribution in [1.29, 1.82) is 0 Å². The summed E-state index contributed by atoms with van der Waals surface area (Å²) in [5.74, 6) is 0. The van der Waals surface area contributed by atoms with E-state index in [1.807, 2.05) is 29.9 Å². The van der Waals surface area contributed by atoms with Gasteiger partial charge in [-0.2, -0.15) is 5.10 Å². The van der Waals surface area contributed by atoms with Crippen LogP contribution < -0.4 is 4.84 Å². The molecule has 2 rings (SSSR count). The molecule has 0 aliphatic carbocycles. The van der Waals surface area contributed by atoms with Crippen LogP contribution in [0.15, 0.2) is 24.4 Å². The van der Waals surface area contributed by atoms with Gasteiger partial charge in [0.25, 0.3) is 0 Å². The summed E-state index contributed by atoms with van der Waals surface area (Å²) < 4.78 is 1.81. The molecule has 0 amide bonds. The quantitative estimate of drug-likeness (QED) is 0.684. The lowest BCUT2D eigenvalue weighted by Crippen LogP contribution is -1.88. The van der Waals surface area contributed by atoms with Crippen LogP contribution in [0.5, 0.6) is 0 Å². The number of hydrogen-bond donors (Lipinski definition) is 1. The van der Waals surface area contributed by atoms with E-state index in [4.69, 9.17) is 11.8 Å². The first-order valence-electron chi connectivity index (χ1n) is 3.60. The SMILES string of the molecule is Cn1ncc2c(NCl)cccc21. The number of anilines is 1. The molecule has 1 aromatic carbocycles. The van der Waals surface area contributed by atoms with E-state index in [9.17, 15) is 0 Å². The van der Waals surface area contributed by atoms with Crippen molar-refractivity contribution >= 4 is 28.4 Å². The third-order valence-corrected chi connectivity index (χ3v) is 2.10. The smallest absolute Gasteiger partial charge is 0.0700 e. The second-order valence-electron chi connectivity index (χ2n) is 2.60. The molecule has 62 valence electrons. The number of rotatable bonds is 1. The zero-order chi connectivity index (χ0) is 8.55. The molecule has 0 spiro atoms. The van der Waals surface area contributed by atoms with Crippen molar-refractivity contribution < 1.29 is 0 Å². The molecule has 3 nitrogen and oxygen atoms in total. The van der Waals surface area contributed by atoms with Gasteiger partial charge in [-0.05, 0) is 12.1 Å². The predicted molar refractivity (Wildman–Crippen MR) is 50.2 cm³/mol. The summed E-state index contributed by atoms with van der Waals surface area (Å²) in [6.45, 7) is 0. The minimum Gasteiger partial charge on any atom is -0.298 e. The van der Waals surface area contributed by atoms with Crippen LogP contribution in [0.1, 0.15) is 0 Å². The highest BCUT2D eigenvalue weighted by molar-refractivity contribution is 6.25. The molecule has 0 saturated carbocycles. The zero-order valence-corrected chi connectivity index (χ0v) is 7.34. The average molecular weight is 182 g/mol. The Bertz CT molecular complexity index is 408. The maximum absolute atomic E-state index is 5.53. The minimum atomic E-state index is 0.891. The number of hydrogen-bond acceptors (Lipinski definition) is 2. The van der Waals surface area contributed by atoms with Crippen LogP contribution in [0, 0.1) is 0 Å². The number of aryl methyl sites for hydroxylation is 1. The Hall–Kier alpha value is -1.22. The average Bonchev–Trinajstić information content (AvgIpc) is 2.48. The van der Waals surface area contributed by atoms with E-state index in [-0.39, 0.29) is 0 Å². The molecule has 2 aromatic rings. The van der Waals surface area contributed by atoms with Gasteiger partial charge >= 0.3 is 0 Å². The van der Waals surface area contributed by atoms with Crippen LogP contribution >= 0.6 is 11.8 Å². The molecule has 4 heteroatoms. The topological polar surface area (TPSA) is 29.9 Å². The summed E-state index contributed by atoms with van der Waals surface area (Å²) in [4.78, 5) is 2.60. The zero-order valence-electron chi connectivity index (χ0n) is 6.58. The van der Waals surface area contributed by atoms with Crippen LogP contribution in [0.25, 0.3) is 10.9 Å². The van der Waals surface area contributed by atoms with E-state index in [1.165, 1.54) is 0 Å². The summed E-state index contributed by atoms with van der Waals surface area (Å²) in [6.07, 6.45) is 1.79. The molecule has 1 heterocycles. The van der Waals surface area contributed by atoms with Gasteiger partial charge in [-0.1, -0.05) is 6.07 Å². The number of aromatic nitrogens is 2. The molecule has 12 heavy (non-hydrogen) atoms. The van der Waals surface area contributed by atoms with Gasteiger partial charge in [0.1, 0.15) is 0 Å². The minimum absolute atomic E-state index is 0.891. The molecule has 0 saturated heterocycles. The Morgan fingerprint density at radius 2 is 2.33 bits per heavy atom. The maximum Gasteiger partial charge on any atom is 0.0700 e. The monoisotopic (exact) mass is 181 g/mol. The third-order valence-electron chi connectivity index (χ3n) is 1.89. The van der Waals surface area contributed by atoms with Gasteiger partial charge in [-0.15, -0.1) is 0 Å². The number of benzene rings is 1. The molecule has 0 aliphatic heterocycles. The van der Waals surface area contributed by atoms with E-state index < -0.39 is 0 Å². The number of fused-ring (bicyclic) bond motifs is 1. The predicted octanol–water partition coefficient (Wildman–Crippen LogP) is 2.14. The first-order valence-corrected chi connectivity index (χ1v) is 3.98. The van der Waals surface area contributed by atoms with Crippen molar-refractivity contribution in [3.8, 4) is 0 Å². The Labute approximate surface area is 75.1 Å². The highest BCUT2D eigenvalue weighted by Gasteiger charge is 2.02. The van der Waals surface area contributed by atoms with E-state index in [0.717, 1.165) is 16.6 Å². The molecule has 0 unspecified atom stereocenters. The van der Waals surface area contributed by atoms with Gasteiger partial charge < -0.3 is 0 Å². The van der Waals surface area contributed by atoms with Gasteiger partial charge in [0, 0.05) is 24.2 Å². The van der Waals surface area contributed by atoms with Crippen LogP contribution in [0.2, 0.25) is 0 Å². The summed E-state index contributed by atoms with van der Waals surface area (Å²) in [7, 11) is 1.90. The van der Waals surface area contributed by atoms with Crippen molar-refractivity contribution in [1.82, 2.24) is 9.78 Å². The van der Waals surface area contributed by atoms with Gasteiger partial charge in [0.2, 0.25) is 0 Å². The molecule has 0 radical (unpaired) electrons. The molecule has 0 aliphatic rings. The highest BCUT2D eigenvalue weighted by Crippen LogP contribution is 2.22. The van der Waals surface area contributed by atoms with Crippen LogP contribution in [0.4, 0.5) is 5.69 Å². The summed E-state index contributed by atoms with van der Waals surface area (Å²) in [6, 6.07) is 5.85. The van der Waals surface area contributed by atoms with Crippen molar-refractivity contribution in [2.24, 2.45) is 7.05 Å². The Morgan fingerprint density at radius 3 is 3.08 bits per heavy atom. The van der Waals surface area contributed by atoms with Crippen molar-refractivity contribution in [2.75, 3.05) is 4.84 Å².